The van der Waals surface area contributed by atoms with E-state index in [0.717, 1.165) is 24.4 Å². The molecule has 2 heterocycles. The first-order chi connectivity index (χ1) is 14.5. The monoisotopic (exact) mass is 450 g/mol. The highest BCUT2D eigenvalue weighted by Crippen LogP contribution is 2.41. The van der Waals surface area contributed by atoms with Crippen LogP contribution in [-0.2, 0) is 19.4 Å². The molecule has 1 aromatic carbocycles. The van der Waals surface area contributed by atoms with Gasteiger partial charge in [-0.1, -0.05) is 30.0 Å². The molecule has 4 rings (SSSR count). The molecule has 0 bridgehead atoms. The second-order valence-corrected chi connectivity index (χ2v) is 10.9. The first kappa shape index (κ1) is 21.3. The number of benzene rings is 1. The van der Waals surface area contributed by atoms with Crippen molar-refractivity contribution in [2.45, 2.75) is 36.4 Å². The van der Waals surface area contributed by atoms with E-state index in [0.29, 0.717) is 30.6 Å². The Hall–Kier alpha value is -1.91. The molecule has 162 valence electrons. The van der Waals surface area contributed by atoms with Crippen molar-refractivity contribution in [1.29, 1.82) is 0 Å². The molecule has 2 aromatic rings. The van der Waals surface area contributed by atoms with Crippen LogP contribution in [0.5, 0.6) is 0 Å². The summed E-state index contributed by atoms with van der Waals surface area (Å²) in [6, 6.07) is 9.64. The lowest BCUT2D eigenvalue weighted by Gasteiger charge is -2.28. The summed E-state index contributed by atoms with van der Waals surface area (Å²) >= 11 is 1.34. The van der Waals surface area contributed by atoms with Gasteiger partial charge < -0.3 is 9.64 Å². The zero-order valence-corrected chi connectivity index (χ0v) is 18.6. The molecule has 8 nitrogen and oxygen atoms in total. The molecule has 0 spiro atoms. The summed E-state index contributed by atoms with van der Waals surface area (Å²) in [5.41, 5.74) is 0.984. The summed E-state index contributed by atoms with van der Waals surface area (Å²) < 4.78 is 31.0. The van der Waals surface area contributed by atoms with Gasteiger partial charge in [0.25, 0.3) is 0 Å². The molecule has 1 amide bonds. The van der Waals surface area contributed by atoms with E-state index in [4.69, 9.17) is 4.74 Å². The zero-order chi connectivity index (χ0) is 21.1. The van der Waals surface area contributed by atoms with E-state index in [1.807, 2.05) is 34.9 Å². The van der Waals surface area contributed by atoms with Gasteiger partial charge in [-0.3, -0.25) is 9.36 Å². The predicted octanol–water partition coefficient (Wildman–Crippen LogP) is 1.90. The molecule has 30 heavy (non-hydrogen) atoms. The number of hydrogen-bond acceptors (Lipinski definition) is 7. The molecule has 1 aromatic heterocycles. The Bertz CT molecular complexity index is 989. The molecular weight excluding hydrogens is 424 g/mol. The highest BCUT2D eigenvalue weighted by Gasteiger charge is 2.35. The lowest BCUT2D eigenvalue weighted by Crippen LogP contribution is -2.44. The molecule has 0 N–H and O–H groups in total. The van der Waals surface area contributed by atoms with E-state index in [2.05, 4.69) is 10.2 Å². The standard InChI is InChI=1S/C20H26N4O4S2/c1-28-11-10-23(17-9-12-30(26,27)14-17)18(25)13-29-20-22-21-19(15-7-8-15)24(20)16-5-3-2-4-6-16/h2-6,15,17H,7-14H2,1H3/t17-/m1/s1. The normalized spacial score (nSPS) is 20.4. The van der Waals surface area contributed by atoms with Crippen LogP contribution in [-0.4, -0.2) is 77.6 Å². The Morgan fingerprint density at radius 3 is 2.63 bits per heavy atom. The van der Waals surface area contributed by atoms with Gasteiger partial charge in [0.15, 0.2) is 15.0 Å². The van der Waals surface area contributed by atoms with E-state index in [-0.39, 0.29) is 29.2 Å². The number of aromatic nitrogens is 3. The number of ether oxygens (including phenoxy) is 1. The van der Waals surface area contributed by atoms with Crippen molar-refractivity contribution in [3.8, 4) is 5.69 Å². The quantitative estimate of drug-likeness (QED) is 0.539. The average molecular weight is 451 g/mol. The first-order valence-electron chi connectivity index (χ1n) is 10.1. The van der Waals surface area contributed by atoms with Crippen molar-refractivity contribution in [2.24, 2.45) is 0 Å². The Balaban J connectivity index is 1.50. The van der Waals surface area contributed by atoms with Crippen molar-refractivity contribution < 1.29 is 17.9 Å². The summed E-state index contributed by atoms with van der Waals surface area (Å²) in [6.07, 6.45) is 2.69. The molecule has 2 aliphatic rings. The molecular formula is C20H26N4O4S2. The topological polar surface area (TPSA) is 94.4 Å². The number of thioether (sulfide) groups is 1. The lowest BCUT2D eigenvalue weighted by molar-refractivity contribution is -0.130. The van der Waals surface area contributed by atoms with Crippen LogP contribution in [0.2, 0.25) is 0 Å². The average Bonchev–Trinajstić information content (AvgIpc) is 3.40. The van der Waals surface area contributed by atoms with Crippen molar-refractivity contribution in [2.75, 3.05) is 37.5 Å². The predicted molar refractivity (Wildman–Crippen MR) is 115 cm³/mol. The van der Waals surface area contributed by atoms with Gasteiger partial charge in [-0.2, -0.15) is 0 Å². The maximum absolute atomic E-state index is 13.0. The molecule has 0 radical (unpaired) electrons. The Morgan fingerprint density at radius 2 is 2.00 bits per heavy atom. The van der Waals surface area contributed by atoms with Gasteiger partial charge in [0.05, 0.1) is 23.9 Å². The summed E-state index contributed by atoms with van der Waals surface area (Å²) in [7, 11) is -1.50. The summed E-state index contributed by atoms with van der Waals surface area (Å²) in [5.74, 6) is 1.60. The van der Waals surface area contributed by atoms with Crippen LogP contribution < -0.4 is 0 Å². The molecule has 1 aliphatic heterocycles. The highest BCUT2D eigenvalue weighted by atomic mass is 32.2. The fourth-order valence-corrected chi connectivity index (χ4v) is 6.31. The van der Waals surface area contributed by atoms with Gasteiger partial charge in [0.1, 0.15) is 5.82 Å². The second kappa shape index (κ2) is 9.07. The second-order valence-electron chi connectivity index (χ2n) is 7.71. The number of amides is 1. The smallest absolute Gasteiger partial charge is 0.233 e. The van der Waals surface area contributed by atoms with Crippen LogP contribution in [0, 0.1) is 0 Å². The minimum Gasteiger partial charge on any atom is -0.383 e. The third-order valence-electron chi connectivity index (χ3n) is 5.45. The molecule has 2 fully saturated rings. The lowest BCUT2D eigenvalue weighted by atomic mass is 10.2. The van der Waals surface area contributed by atoms with Gasteiger partial charge in [-0.15, -0.1) is 10.2 Å². The minimum absolute atomic E-state index is 0.0269. The van der Waals surface area contributed by atoms with Gasteiger partial charge in [0.2, 0.25) is 5.91 Å². The van der Waals surface area contributed by atoms with Crippen LogP contribution in [0.15, 0.2) is 35.5 Å². The summed E-state index contributed by atoms with van der Waals surface area (Å²) in [4.78, 5) is 14.7. The van der Waals surface area contributed by atoms with Crippen molar-refractivity contribution in [1.82, 2.24) is 19.7 Å². The zero-order valence-electron chi connectivity index (χ0n) is 16.9. The van der Waals surface area contributed by atoms with Gasteiger partial charge in [-0.05, 0) is 31.4 Å². The van der Waals surface area contributed by atoms with Crippen LogP contribution in [0.4, 0.5) is 0 Å². The van der Waals surface area contributed by atoms with Crippen LogP contribution in [0.1, 0.15) is 31.0 Å². The first-order valence-corrected chi connectivity index (χ1v) is 12.9. The maximum Gasteiger partial charge on any atom is 0.233 e. The van der Waals surface area contributed by atoms with E-state index in [1.165, 1.54) is 11.8 Å². The van der Waals surface area contributed by atoms with Crippen molar-refractivity contribution >= 4 is 27.5 Å². The number of sulfone groups is 1. The molecule has 1 saturated carbocycles. The van der Waals surface area contributed by atoms with Crippen LogP contribution >= 0.6 is 11.8 Å². The summed E-state index contributed by atoms with van der Waals surface area (Å²) in [6.45, 7) is 0.758. The van der Waals surface area contributed by atoms with Crippen LogP contribution in [0.25, 0.3) is 5.69 Å². The van der Waals surface area contributed by atoms with E-state index >= 15 is 0 Å². The SMILES string of the molecule is COCCN(C(=O)CSc1nnc(C2CC2)n1-c1ccccc1)[C@@H]1CCS(=O)(=O)C1. The number of nitrogens with zero attached hydrogens (tertiary/aromatic N) is 4. The van der Waals surface area contributed by atoms with E-state index in [1.54, 1.807) is 12.0 Å². The van der Waals surface area contributed by atoms with Gasteiger partial charge in [-0.25, -0.2) is 8.42 Å². The number of carbonyl (C=O) groups excluding carboxylic acids is 1. The third kappa shape index (κ3) is 4.87. The number of methoxy groups -OCH3 is 1. The summed E-state index contributed by atoms with van der Waals surface area (Å²) in [5, 5.41) is 9.43. The molecule has 0 unspecified atom stereocenters. The van der Waals surface area contributed by atoms with E-state index < -0.39 is 9.84 Å². The largest absolute Gasteiger partial charge is 0.383 e. The number of para-hydroxylation sites is 1. The van der Waals surface area contributed by atoms with Crippen molar-refractivity contribution in [3.63, 3.8) is 0 Å². The van der Waals surface area contributed by atoms with Crippen LogP contribution in [0.3, 0.4) is 0 Å². The maximum atomic E-state index is 13.0. The fraction of sp³-hybridized carbons (Fsp3) is 0.550. The number of carbonyl (C=O) groups is 1. The highest BCUT2D eigenvalue weighted by molar-refractivity contribution is 7.99. The Labute approximate surface area is 180 Å². The Morgan fingerprint density at radius 1 is 1.23 bits per heavy atom. The van der Waals surface area contributed by atoms with Gasteiger partial charge in [0, 0.05) is 31.3 Å². The number of hydrogen-bond donors (Lipinski definition) is 0. The van der Waals surface area contributed by atoms with E-state index in [9.17, 15) is 13.2 Å². The third-order valence-corrected chi connectivity index (χ3v) is 8.11. The Kier molecular flexibility index (Phi) is 6.45. The minimum atomic E-state index is -3.08. The molecule has 1 saturated heterocycles. The van der Waals surface area contributed by atoms with Gasteiger partial charge >= 0.3 is 0 Å². The molecule has 1 atom stereocenters. The van der Waals surface area contributed by atoms with Crippen molar-refractivity contribution in [3.05, 3.63) is 36.2 Å². The molecule has 10 heteroatoms. The number of rotatable bonds is 9. The fourth-order valence-electron chi connectivity index (χ4n) is 3.73. The molecule has 1 aliphatic carbocycles.